The minimum absolute atomic E-state index is 0.297. The van der Waals surface area contributed by atoms with Crippen LogP contribution in [0.25, 0.3) is 0 Å². The molecule has 2 rings (SSSR count). The van der Waals surface area contributed by atoms with Crippen molar-refractivity contribution in [3.63, 3.8) is 0 Å². The minimum atomic E-state index is 0.297. The van der Waals surface area contributed by atoms with Gasteiger partial charge in [-0.3, -0.25) is 0 Å². The van der Waals surface area contributed by atoms with Crippen molar-refractivity contribution in [2.75, 3.05) is 20.1 Å². The average molecular weight is 301 g/mol. The molecule has 4 heteroatoms. The molecule has 106 valence electrons. The largest absolute Gasteiger partial charge is 0.307 e. The molecule has 1 heterocycles. The Bertz CT molecular complexity index is 436. The number of piperidine rings is 1. The Morgan fingerprint density at radius 2 is 2.05 bits per heavy atom. The number of rotatable bonds is 3. The van der Waals surface area contributed by atoms with Gasteiger partial charge < -0.3 is 10.2 Å². The third-order valence-electron chi connectivity index (χ3n) is 4.02. The Balaban J connectivity index is 2.00. The van der Waals surface area contributed by atoms with Crippen molar-refractivity contribution >= 4 is 23.2 Å². The predicted octanol–water partition coefficient (Wildman–Crippen LogP) is 3.98. The van der Waals surface area contributed by atoms with Crippen molar-refractivity contribution in [1.82, 2.24) is 10.2 Å². The normalized spacial score (nSPS) is 26.4. The van der Waals surface area contributed by atoms with E-state index in [0.29, 0.717) is 28.0 Å². The molecule has 0 saturated carbocycles. The summed E-state index contributed by atoms with van der Waals surface area (Å²) < 4.78 is 0. The molecule has 0 aliphatic carbocycles. The van der Waals surface area contributed by atoms with Crippen LogP contribution in [0.5, 0.6) is 0 Å². The van der Waals surface area contributed by atoms with Gasteiger partial charge in [-0.15, -0.1) is 0 Å². The first-order chi connectivity index (χ1) is 8.97. The van der Waals surface area contributed by atoms with E-state index in [9.17, 15) is 0 Å². The van der Waals surface area contributed by atoms with E-state index in [1.54, 1.807) is 0 Å². The number of hydrogen-bond donors (Lipinski definition) is 1. The average Bonchev–Trinajstić information content (AvgIpc) is 2.36. The van der Waals surface area contributed by atoms with E-state index in [1.165, 1.54) is 12.0 Å². The van der Waals surface area contributed by atoms with Crippen molar-refractivity contribution in [2.45, 2.75) is 32.4 Å². The molecule has 0 bridgehead atoms. The second-order valence-corrected chi connectivity index (χ2v) is 6.51. The van der Waals surface area contributed by atoms with Gasteiger partial charge in [-0.05, 0) is 50.6 Å². The molecule has 3 atom stereocenters. The summed E-state index contributed by atoms with van der Waals surface area (Å²) in [5, 5.41) is 4.97. The topological polar surface area (TPSA) is 15.3 Å². The van der Waals surface area contributed by atoms with Gasteiger partial charge in [0.05, 0.1) is 10.0 Å². The Hall–Kier alpha value is -0.280. The van der Waals surface area contributed by atoms with Gasteiger partial charge in [0.1, 0.15) is 0 Å². The summed E-state index contributed by atoms with van der Waals surface area (Å²) in [4.78, 5) is 2.40. The molecule has 1 aliphatic rings. The lowest BCUT2D eigenvalue weighted by molar-refractivity contribution is 0.168. The molecule has 1 aromatic carbocycles. The van der Waals surface area contributed by atoms with E-state index >= 15 is 0 Å². The lowest BCUT2D eigenvalue weighted by Gasteiger charge is -2.37. The van der Waals surface area contributed by atoms with E-state index in [1.807, 2.05) is 18.2 Å². The fourth-order valence-corrected chi connectivity index (χ4v) is 3.11. The standard InChI is InChI=1S/C15H22Cl2N2/c1-10-9-19(3)7-6-15(10)18-11(2)12-4-5-13(16)14(17)8-12/h4-5,8,10-11,15,18H,6-7,9H2,1-3H3. The molecular weight excluding hydrogens is 279 g/mol. The molecule has 0 amide bonds. The maximum atomic E-state index is 6.08. The van der Waals surface area contributed by atoms with Crippen molar-refractivity contribution in [2.24, 2.45) is 5.92 Å². The summed E-state index contributed by atoms with van der Waals surface area (Å²) in [6.07, 6.45) is 1.20. The summed E-state index contributed by atoms with van der Waals surface area (Å²) >= 11 is 12.0. The molecule has 1 N–H and O–H groups in total. The fourth-order valence-electron chi connectivity index (χ4n) is 2.80. The number of nitrogens with zero attached hydrogens (tertiary/aromatic N) is 1. The van der Waals surface area contributed by atoms with E-state index < -0.39 is 0 Å². The fraction of sp³-hybridized carbons (Fsp3) is 0.600. The van der Waals surface area contributed by atoms with Crippen LogP contribution in [0, 0.1) is 5.92 Å². The minimum Gasteiger partial charge on any atom is -0.307 e. The second-order valence-electron chi connectivity index (χ2n) is 5.70. The Morgan fingerprint density at radius 1 is 1.32 bits per heavy atom. The zero-order valence-corrected chi connectivity index (χ0v) is 13.3. The van der Waals surface area contributed by atoms with E-state index in [-0.39, 0.29) is 0 Å². The number of likely N-dealkylation sites (tertiary alicyclic amines) is 1. The summed E-state index contributed by atoms with van der Waals surface area (Å²) in [7, 11) is 2.19. The van der Waals surface area contributed by atoms with Gasteiger partial charge in [-0.2, -0.15) is 0 Å². The van der Waals surface area contributed by atoms with Crippen LogP contribution in [0.15, 0.2) is 18.2 Å². The van der Waals surface area contributed by atoms with Crippen LogP contribution in [0.2, 0.25) is 10.0 Å². The monoisotopic (exact) mass is 300 g/mol. The third-order valence-corrected chi connectivity index (χ3v) is 4.76. The van der Waals surface area contributed by atoms with Crippen LogP contribution < -0.4 is 5.32 Å². The highest BCUT2D eigenvalue weighted by Gasteiger charge is 2.25. The van der Waals surface area contributed by atoms with E-state index in [4.69, 9.17) is 23.2 Å². The van der Waals surface area contributed by atoms with Crippen molar-refractivity contribution in [1.29, 1.82) is 0 Å². The molecule has 3 unspecified atom stereocenters. The van der Waals surface area contributed by atoms with E-state index in [2.05, 4.69) is 31.1 Å². The van der Waals surface area contributed by atoms with Crippen molar-refractivity contribution < 1.29 is 0 Å². The van der Waals surface area contributed by atoms with Crippen LogP contribution in [-0.4, -0.2) is 31.1 Å². The Kier molecular flexibility index (Phi) is 5.13. The number of halogens is 2. The highest BCUT2D eigenvalue weighted by Crippen LogP contribution is 2.27. The van der Waals surface area contributed by atoms with Crippen LogP contribution in [0.1, 0.15) is 31.9 Å². The number of nitrogens with one attached hydrogen (secondary N) is 1. The zero-order chi connectivity index (χ0) is 14.0. The van der Waals surface area contributed by atoms with Gasteiger partial charge in [0.15, 0.2) is 0 Å². The number of hydrogen-bond acceptors (Lipinski definition) is 2. The maximum absolute atomic E-state index is 6.08. The molecule has 0 aromatic heterocycles. The van der Waals surface area contributed by atoms with E-state index in [0.717, 1.165) is 13.1 Å². The summed E-state index contributed by atoms with van der Waals surface area (Å²) in [6.45, 7) is 6.82. The van der Waals surface area contributed by atoms with Gasteiger partial charge >= 0.3 is 0 Å². The van der Waals surface area contributed by atoms with Crippen LogP contribution >= 0.6 is 23.2 Å². The first kappa shape index (κ1) is 15.1. The summed E-state index contributed by atoms with van der Waals surface area (Å²) in [6, 6.07) is 6.74. The number of benzene rings is 1. The second kappa shape index (κ2) is 6.45. The van der Waals surface area contributed by atoms with Crippen molar-refractivity contribution in [3.05, 3.63) is 33.8 Å². The first-order valence-electron chi connectivity index (χ1n) is 6.87. The predicted molar refractivity (Wildman–Crippen MR) is 83.1 cm³/mol. The zero-order valence-electron chi connectivity index (χ0n) is 11.8. The van der Waals surface area contributed by atoms with Crippen molar-refractivity contribution in [3.8, 4) is 0 Å². The van der Waals surface area contributed by atoms with Gasteiger partial charge in [-0.1, -0.05) is 36.2 Å². The summed E-state index contributed by atoms with van der Waals surface area (Å²) in [5.41, 5.74) is 1.19. The van der Waals surface area contributed by atoms with Gasteiger partial charge in [0.25, 0.3) is 0 Å². The van der Waals surface area contributed by atoms with Gasteiger partial charge in [0, 0.05) is 18.6 Å². The quantitative estimate of drug-likeness (QED) is 0.908. The summed E-state index contributed by atoms with van der Waals surface area (Å²) in [5.74, 6) is 0.670. The highest BCUT2D eigenvalue weighted by atomic mass is 35.5. The molecular formula is C15H22Cl2N2. The molecule has 19 heavy (non-hydrogen) atoms. The molecule has 1 fully saturated rings. The van der Waals surface area contributed by atoms with Gasteiger partial charge in [-0.25, -0.2) is 0 Å². The maximum Gasteiger partial charge on any atom is 0.0595 e. The van der Waals surface area contributed by atoms with Gasteiger partial charge in [0.2, 0.25) is 0 Å². The highest BCUT2D eigenvalue weighted by molar-refractivity contribution is 6.42. The molecule has 2 nitrogen and oxygen atoms in total. The first-order valence-corrected chi connectivity index (χ1v) is 7.62. The molecule has 0 spiro atoms. The molecule has 1 aromatic rings. The molecule has 1 aliphatic heterocycles. The molecule has 1 saturated heterocycles. The SMILES string of the molecule is CC(NC1CCN(C)CC1C)c1ccc(Cl)c(Cl)c1. The smallest absolute Gasteiger partial charge is 0.0595 e. The van der Waals surface area contributed by atoms with Crippen LogP contribution in [0.4, 0.5) is 0 Å². The van der Waals surface area contributed by atoms with Crippen LogP contribution in [0.3, 0.4) is 0 Å². The molecule has 0 radical (unpaired) electrons. The lowest BCUT2D eigenvalue weighted by Crippen LogP contribution is -2.47. The lowest BCUT2D eigenvalue weighted by atomic mass is 9.93. The van der Waals surface area contributed by atoms with Crippen LogP contribution in [-0.2, 0) is 0 Å². The third kappa shape index (κ3) is 3.85. The Labute approximate surface area is 126 Å². The Morgan fingerprint density at radius 3 is 2.68 bits per heavy atom.